The molecule has 5 nitrogen and oxygen atoms in total. The number of nitrogens with zero attached hydrogens (tertiary/aromatic N) is 3. The molecule has 2 N–H and O–H groups in total. The average Bonchev–Trinajstić information content (AvgIpc) is 3.43. The lowest BCUT2D eigenvalue weighted by Crippen LogP contribution is -2.17. The van der Waals surface area contributed by atoms with Gasteiger partial charge in [-0.15, -0.1) is 0 Å². The Morgan fingerprint density at radius 2 is 1.88 bits per heavy atom. The van der Waals surface area contributed by atoms with Crippen LogP contribution in [0.1, 0.15) is 36.4 Å². The van der Waals surface area contributed by atoms with Crippen LogP contribution in [-0.4, -0.2) is 42.1 Å². The molecule has 1 aromatic carbocycles. The van der Waals surface area contributed by atoms with Crippen molar-refractivity contribution in [3.8, 4) is 0 Å². The van der Waals surface area contributed by atoms with E-state index >= 15 is 0 Å². The molecule has 0 spiro atoms. The van der Waals surface area contributed by atoms with Crippen molar-refractivity contribution < 1.29 is 4.39 Å². The van der Waals surface area contributed by atoms with Crippen LogP contribution in [0, 0.1) is 5.82 Å². The van der Waals surface area contributed by atoms with Crippen LogP contribution >= 0.6 is 0 Å². The molecular formula is C19H26FN5. The summed E-state index contributed by atoms with van der Waals surface area (Å²) in [6.07, 6.45) is 3.45. The van der Waals surface area contributed by atoms with Gasteiger partial charge >= 0.3 is 0 Å². The maximum Gasteiger partial charge on any atom is 0.224 e. The summed E-state index contributed by atoms with van der Waals surface area (Å²) in [5, 5.41) is 6.66. The second kappa shape index (κ2) is 8.25. The second-order valence-corrected chi connectivity index (χ2v) is 6.84. The molecule has 0 saturated heterocycles. The fraction of sp³-hybridized carbons (Fsp3) is 0.474. The minimum absolute atomic E-state index is 0.217. The second-order valence-electron chi connectivity index (χ2n) is 6.84. The third kappa shape index (κ3) is 5.67. The molecular weight excluding hydrogens is 317 g/mol. The molecule has 0 unspecified atom stereocenters. The van der Waals surface area contributed by atoms with E-state index in [0.29, 0.717) is 18.4 Å². The molecule has 0 aliphatic heterocycles. The van der Waals surface area contributed by atoms with Gasteiger partial charge in [0.1, 0.15) is 11.6 Å². The predicted octanol–water partition coefficient (Wildman–Crippen LogP) is 3.47. The number of aromatic nitrogens is 2. The molecule has 1 saturated carbocycles. The quantitative estimate of drug-likeness (QED) is 0.683. The smallest absolute Gasteiger partial charge is 0.224 e. The van der Waals surface area contributed by atoms with E-state index in [1.54, 1.807) is 12.1 Å². The van der Waals surface area contributed by atoms with Gasteiger partial charge < -0.3 is 15.5 Å². The number of halogens is 1. The minimum Gasteiger partial charge on any atom is -0.366 e. The first-order valence-electron chi connectivity index (χ1n) is 8.86. The van der Waals surface area contributed by atoms with Crippen LogP contribution < -0.4 is 10.6 Å². The highest BCUT2D eigenvalue weighted by Crippen LogP contribution is 2.39. The Balaban J connectivity index is 1.62. The van der Waals surface area contributed by atoms with Crippen molar-refractivity contribution >= 4 is 11.8 Å². The van der Waals surface area contributed by atoms with Gasteiger partial charge in [-0.2, -0.15) is 4.98 Å². The molecule has 1 aliphatic carbocycles. The van der Waals surface area contributed by atoms with Crippen LogP contribution in [0.2, 0.25) is 0 Å². The standard InChI is InChI=1S/C19H26FN5/c1-25(2)11-3-10-21-19-23-17(15-6-7-15)12-18(24-19)22-13-14-4-8-16(20)9-5-14/h4-5,8-9,12,15H,3,6-7,10-11,13H2,1-2H3,(H2,21,22,23,24). The Hall–Kier alpha value is -2.21. The number of hydrogen-bond acceptors (Lipinski definition) is 5. The SMILES string of the molecule is CN(C)CCCNc1nc(NCc2ccc(F)cc2)cc(C2CC2)n1. The van der Waals surface area contributed by atoms with Gasteiger partial charge in [0.05, 0.1) is 5.69 Å². The first-order chi connectivity index (χ1) is 12.1. The van der Waals surface area contributed by atoms with Crippen LogP contribution in [0.25, 0.3) is 0 Å². The van der Waals surface area contributed by atoms with E-state index in [0.717, 1.165) is 36.6 Å². The van der Waals surface area contributed by atoms with Crippen LogP contribution in [0.4, 0.5) is 16.2 Å². The van der Waals surface area contributed by atoms with Crippen LogP contribution in [0.5, 0.6) is 0 Å². The third-order valence-electron chi connectivity index (χ3n) is 4.19. The molecule has 3 rings (SSSR count). The maximum atomic E-state index is 13.0. The molecule has 2 aromatic rings. The highest BCUT2D eigenvalue weighted by molar-refractivity contribution is 5.44. The normalized spacial score (nSPS) is 13.9. The number of hydrogen-bond donors (Lipinski definition) is 2. The van der Waals surface area contributed by atoms with Crippen molar-refractivity contribution in [2.24, 2.45) is 0 Å². The van der Waals surface area contributed by atoms with Gasteiger partial charge in [0.15, 0.2) is 0 Å². The number of rotatable bonds is 9. The van der Waals surface area contributed by atoms with Crippen molar-refractivity contribution in [3.05, 3.63) is 47.4 Å². The lowest BCUT2D eigenvalue weighted by atomic mass is 10.2. The lowest BCUT2D eigenvalue weighted by Gasteiger charge is -2.12. The highest BCUT2D eigenvalue weighted by Gasteiger charge is 2.26. The Morgan fingerprint density at radius 3 is 2.56 bits per heavy atom. The number of benzene rings is 1. The van der Waals surface area contributed by atoms with Crippen molar-refractivity contribution in [3.63, 3.8) is 0 Å². The Kier molecular flexibility index (Phi) is 5.81. The average molecular weight is 343 g/mol. The predicted molar refractivity (Wildman–Crippen MR) is 99.4 cm³/mol. The fourth-order valence-electron chi connectivity index (χ4n) is 2.61. The largest absolute Gasteiger partial charge is 0.366 e. The Bertz CT molecular complexity index is 683. The highest BCUT2D eigenvalue weighted by atomic mass is 19.1. The molecule has 1 fully saturated rings. The summed E-state index contributed by atoms with van der Waals surface area (Å²) in [5.41, 5.74) is 2.13. The van der Waals surface area contributed by atoms with Gasteiger partial charge in [0.2, 0.25) is 5.95 Å². The van der Waals surface area contributed by atoms with E-state index in [1.807, 2.05) is 6.07 Å². The summed E-state index contributed by atoms with van der Waals surface area (Å²) in [6.45, 7) is 2.50. The monoisotopic (exact) mass is 343 g/mol. The maximum absolute atomic E-state index is 13.0. The number of nitrogens with one attached hydrogen (secondary N) is 2. The first kappa shape index (κ1) is 17.6. The zero-order valence-electron chi connectivity index (χ0n) is 14.9. The van der Waals surface area contributed by atoms with Crippen molar-refractivity contribution in [2.75, 3.05) is 37.8 Å². The topological polar surface area (TPSA) is 53.1 Å². The summed E-state index contributed by atoms with van der Waals surface area (Å²) in [6, 6.07) is 8.55. The summed E-state index contributed by atoms with van der Waals surface area (Å²) >= 11 is 0. The van der Waals surface area contributed by atoms with Crippen molar-refractivity contribution in [1.29, 1.82) is 0 Å². The summed E-state index contributed by atoms with van der Waals surface area (Å²) in [7, 11) is 4.14. The Morgan fingerprint density at radius 1 is 1.12 bits per heavy atom. The van der Waals surface area contributed by atoms with E-state index in [2.05, 4.69) is 39.6 Å². The van der Waals surface area contributed by atoms with E-state index in [1.165, 1.54) is 25.0 Å². The van der Waals surface area contributed by atoms with Crippen LogP contribution in [0.15, 0.2) is 30.3 Å². The molecule has 1 heterocycles. The summed E-state index contributed by atoms with van der Waals surface area (Å²) in [4.78, 5) is 11.4. The van der Waals surface area contributed by atoms with Gasteiger partial charge in [-0.1, -0.05) is 12.1 Å². The van der Waals surface area contributed by atoms with Gasteiger partial charge in [-0.25, -0.2) is 9.37 Å². The van der Waals surface area contributed by atoms with E-state index in [-0.39, 0.29) is 5.82 Å². The number of anilines is 2. The van der Waals surface area contributed by atoms with E-state index < -0.39 is 0 Å². The van der Waals surface area contributed by atoms with Gasteiger partial charge in [-0.05, 0) is 57.6 Å². The lowest BCUT2D eigenvalue weighted by molar-refractivity contribution is 0.405. The zero-order valence-corrected chi connectivity index (χ0v) is 14.9. The van der Waals surface area contributed by atoms with Gasteiger partial charge in [0, 0.05) is 25.1 Å². The molecule has 25 heavy (non-hydrogen) atoms. The molecule has 0 bridgehead atoms. The summed E-state index contributed by atoms with van der Waals surface area (Å²) in [5.74, 6) is 1.85. The van der Waals surface area contributed by atoms with E-state index in [9.17, 15) is 4.39 Å². The van der Waals surface area contributed by atoms with E-state index in [4.69, 9.17) is 0 Å². The van der Waals surface area contributed by atoms with Crippen LogP contribution in [-0.2, 0) is 6.54 Å². The zero-order chi connectivity index (χ0) is 17.6. The fourth-order valence-corrected chi connectivity index (χ4v) is 2.61. The molecule has 0 atom stereocenters. The van der Waals surface area contributed by atoms with Gasteiger partial charge in [0.25, 0.3) is 0 Å². The third-order valence-corrected chi connectivity index (χ3v) is 4.19. The molecule has 6 heteroatoms. The molecule has 0 radical (unpaired) electrons. The summed E-state index contributed by atoms with van der Waals surface area (Å²) < 4.78 is 13.0. The molecule has 1 aromatic heterocycles. The van der Waals surface area contributed by atoms with Crippen molar-refractivity contribution in [2.45, 2.75) is 31.7 Å². The Labute approximate surface area is 148 Å². The molecule has 1 aliphatic rings. The first-order valence-corrected chi connectivity index (χ1v) is 8.86. The van der Waals surface area contributed by atoms with Crippen LogP contribution in [0.3, 0.4) is 0 Å². The van der Waals surface area contributed by atoms with Gasteiger partial charge in [-0.3, -0.25) is 0 Å². The van der Waals surface area contributed by atoms with Crippen molar-refractivity contribution in [1.82, 2.24) is 14.9 Å². The minimum atomic E-state index is -0.217. The molecule has 134 valence electrons. The molecule has 0 amide bonds.